The number of hydrogen-bond acceptors (Lipinski definition) is 1. The first-order valence-corrected chi connectivity index (χ1v) is 6.07. The molecule has 0 saturated carbocycles. The van der Waals surface area contributed by atoms with Gasteiger partial charge in [-0.2, -0.15) is 52.7 Å². The summed E-state index contributed by atoms with van der Waals surface area (Å²) >= 11 is 0. The summed E-state index contributed by atoms with van der Waals surface area (Å²) in [5.41, 5.74) is -5.03. The fraction of sp³-hybridized carbons (Fsp3) is 0.500. The van der Waals surface area contributed by atoms with Gasteiger partial charge in [-0.25, -0.2) is 4.39 Å². The number of hydrogen-bond donors (Lipinski definition) is 1. The van der Waals surface area contributed by atoms with Gasteiger partial charge >= 0.3 is 24.7 Å². The van der Waals surface area contributed by atoms with Crippen LogP contribution < -0.4 is 0 Å². The minimum Gasteiger partial charge on any atom is -0.507 e. The average Bonchev–Trinajstić information content (AvgIpc) is 2.27. The van der Waals surface area contributed by atoms with E-state index in [-0.39, 0.29) is 0 Å². The molecule has 0 fully saturated rings. The van der Waals surface area contributed by atoms with Crippen molar-refractivity contribution >= 4 is 0 Å². The topological polar surface area (TPSA) is 20.2 Å². The monoisotopic (exact) mass is 412 g/mol. The van der Waals surface area contributed by atoms with Gasteiger partial charge in [0.2, 0.25) is 0 Å². The molecule has 14 heteroatoms. The van der Waals surface area contributed by atoms with E-state index in [0.29, 0.717) is 0 Å². The third-order valence-electron chi connectivity index (χ3n) is 3.06. The van der Waals surface area contributed by atoms with Crippen molar-refractivity contribution in [3.63, 3.8) is 0 Å². The molecule has 0 aliphatic carbocycles. The van der Waals surface area contributed by atoms with Crippen LogP contribution in [0, 0.1) is 5.82 Å². The van der Waals surface area contributed by atoms with Gasteiger partial charge in [-0.3, -0.25) is 0 Å². The molecule has 1 nitrogen and oxygen atoms in total. The normalized spacial score (nSPS) is 14.4. The van der Waals surface area contributed by atoms with Crippen LogP contribution >= 0.6 is 0 Å². The highest BCUT2D eigenvalue weighted by Gasteiger charge is 2.61. The van der Waals surface area contributed by atoms with Crippen molar-refractivity contribution in [2.45, 2.75) is 36.5 Å². The summed E-state index contributed by atoms with van der Waals surface area (Å²) in [7, 11) is 0. The molecule has 1 aromatic rings. The number of phenols is 1. The lowest BCUT2D eigenvalue weighted by atomic mass is 9.89. The molecule has 1 rings (SSSR count). The Labute approximate surface area is 135 Å². The van der Waals surface area contributed by atoms with Crippen LogP contribution in [0.5, 0.6) is 5.75 Å². The van der Waals surface area contributed by atoms with Crippen molar-refractivity contribution in [2.24, 2.45) is 0 Å². The van der Waals surface area contributed by atoms with Crippen molar-refractivity contribution in [3.8, 4) is 5.75 Å². The first-order valence-electron chi connectivity index (χ1n) is 6.07. The fourth-order valence-corrected chi connectivity index (χ4v) is 2.16. The SMILES string of the molecule is Oc1c(C(C(F)(F)F)C(F)(F)F)cc(F)cc1C(C(F)(F)F)C(F)(F)F. The first kappa shape index (κ1) is 22.2. The summed E-state index contributed by atoms with van der Waals surface area (Å²) in [6.45, 7) is 0. The fourth-order valence-electron chi connectivity index (χ4n) is 2.16. The highest BCUT2D eigenvalue weighted by molar-refractivity contribution is 5.47. The first-order chi connectivity index (χ1) is 11.3. The zero-order valence-electron chi connectivity index (χ0n) is 11.7. The Morgan fingerprint density at radius 3 is 1.00 bits per heavy atom. The number of rotatable bonds is 2. The van der Waals surface area contributed by atoms with E-state index in [0.717, 1.165) is 0 Å². The van der Waals surface area contributed by atoms with Crippen LogP contribution in [0.25, 0.3) is 0 Å². The molecule has 0 radical (unpaired) electrons. The smallest absolute Gasteiger partial charge is 0.404 e. The zero-order chi connectivity index (χ0) is 20.9. The van der Waals surface area contributed by atoms with Gasteiger partial charge in [-0.15, -0.1) is 0 Å². The van der Waals surface area contributed by atoms with E-state index in [9.17, 15) is 62.2 Å². The summed E-state index contributed by atoms with van der Waals surface area (Å²) in [6, 6.07) is -1.26. The molecule has 1 aromatic carbocycles. The molecule has 1 N–H and O–H groups in total. The van der Waals surface area contributed by atoms with E-state index in [1.165, 1.54) is 0 Å². The van der Waals surface area contributed by atoms with Crippen LogP contribution in [0.3, 0.4) is 0 Å². The Bertz CT molecular complexity index is 568. The van der Waals surface area contributed by atoms with E-state index in [1.54, 1.807) is 0 Å². The van der Waals surface area contributed by atoms with Crippen molar-refractivity contribution in [2.75, 3.05) is 0 Å². The standard InChI is InChI=1S/C12H5F13O/c13-3-1-4(7(9(14,15)16)10(17,18)19)6(26)5(2-3)8(11(20,21)22)12(23,24)25/h1-2,7-8,26H. The van der Waals surface area contributed by atoms with Gasteiger partial charge in [0, 0.05) is 11.1 Å². The average molecular weight is 412 g/mol. The Hall–Kier alpha value is -1.89. The molecule has 0 heterocycles. The highest BCUT2D eigenvalue weighted by atomic mass is 19.4. The van der Waals surface area contributed by atoms with Gasteiger partial charge in [0.05, 0.1) is 0 Å². The van der Waals surface area contributed by atoms with Crippen LogP contribution in [0.4, 0.5) is 57.1 Å². The van der Waals surface area contributed by atoms with Gasteiger partial charge in [-0.05, 0) is 12.1 Å². The summed E-state index contributed by atoms with van der Waals surface area (Å²) in [5, 5.41) is 9.34. The number of halogens is 13. The lowest BCUT2D eigenvalue weighted by molar-refractivity contribution is -0.254. The summed E-state index contributed by atoms with van der Waals surface area (Å²) in [4.78, 5) is 0. The van der Waals surface area contributed by atoms with Gasteiger partial charge in [-0.1, -0.05) is 0 Å². The number of phenolic OH excluding ortho intramolecular Hbond substituents is 1. The molecule has 0 unspecified atom stereocenters. The number of aromatic hydroxyl groups is 1. The number of benzene rings is 1. The van der Waals surface area contributed by atoms with Gasteiger partial charge in [0.25, 0.3) is 0 Å². The second-order valence-electron chi connectivity index (χ2n) is 4.97. The summed E-state index contributed by atoms with van der Waals surface area (Å²) < 4.78 is 165. The van der Waals surface area contributed by atoms with Crippen LogP contribution in [0.1, 0.15) is 23.0 Å². The van der Waals surface area contributed by atoms with Crippen molar-refractivity contribution in [1.82, 2.24) is 0 Å². The molecule has 0 atom stereocenters. The zero-order valence-corrected chi connectivity index (χ0v) is 11.7. The molecule has 0 amide bonds. The lowest BCUT2D eigenvalue weighted by Gasteiger charge is -2.28. The Kier molecular flexibility index (Phi) is 5.43. The van der Waals surface area contributed by atoms with E-state index >= 15 is 0 Å². The number of alkyl halides is 12. The molecule has 0 saturated heterocycles. The van der Waals surface area contributed by atoms with Gasteiger partial charge in [0.15, 0.2) is 11.8 Å². The minimum atomic E-state index is -6.28. The summed E-state index contributed by atoms with van der Waals surface area (Å²) in [6.07, 6.45) is -25.1. The van der Waals surface area contributed by atoms with E-state index in [1.807, 2.05) is 0 Å². The molecule has 0 bridgehead atoms. The predicted molar refractivity (Wildman–Crippen MR) is 57.8 cm³/mol. The largest absolute Gasteiger partial charge is 0.507 e. The third kappa shape index (κ3) is 4.63. The summed E-state index contributed by atoms with van der Waals surface area (Å²) in [5.74, 6) is -14.3. The van der Waals surface area contributed by atoms with Crippen LogP contribution in [0.2, 0.25) is 0 Å². The maximum Gasteiger partial charge on any atom is 0.404 e. The Morgan fingerprint density at radius 2 is 0.808 bits per heavy atom. The maximum atomic E-state index is 13.3. The van der Waals surface area contributed by atoms with E-state index in [4.69, 9.17) is 0 Å². The predicted octanol–water partition coefficient (Wildman–Crippen LogP) is 5.95. The highest BCUT2D eigenvalue weighted by Crippen LogP contribution is 2.54. The van der Waals surface area contributed by atoms with Gasteiger partial charge < -0.3 is 5.11 Å². The second-order valence-corrected chi connectivity index (χ2v) is 4.97. The van der Waals surface area contributed by atoms with Crippen LogP contribution in [-0.2, 0) is 0 Å². The van der Waals surface area contributed by atoms with Crippen LogP contribution in [0.15, 0.2) is 12.1 Å². The van der Waals surface area contributed by atoms with Gasteiger partial charge in [0.1, 0.15) is 11.6 Å². The third-order valence-corrected chi connectivity index (χ3v) is 3.06. The minimum absolute atomic E-state index is 0.631. The van der Waals surface area contributed by atoms with Crippen molar-refractivity contribution in [3.05, 3.63) is 29.1 Å². The van der Waals surface area contributed by atoms with Crippen molar-refractivity contribution in [1.29, 1.82) is 0 Å². The quantitative estimate of drug-likeness (QED) is 0.596. The van der Waals surface area contributed by atoms with Crippen LogP contribution in [-0.4, -0.2) is 29.8 Å². The second kappa shape index (κ2) is 6.37. The molecule has 0 aliphatic heterocycles. The molecule has 0 aliphatic rings. The maximum absolute atomic E-state index is 13.3. The lowest BCUT2D eigenvalue weighted by Crippen LogP contribution is -2.36. The molecule has 0 spiro atoms. The molecule has 26 heavy (non-hydrogen) atoms. The molecule has 150 valence electrons. The van der Waals surface area contributed by atoms with E-state index in [2.05, 4.69) is 0 Å². The Balaban J connectivity index is 3.82. The molecular weight excluding hydrogens is 407 g/mol. The Morgan fingerprint density at radius 1 is 0.577 bits per heavy atom. The van der Waals surface area contributed by atoms with E-state index < -0.39 is 71.4 Å². The molecule has 0 aromatic heterocycles. The molecular formula is C12H5F13O. The van der Waals surface area contributed by atoms with Crippen molar-refractivity contribution < 1.29 is 62.2 Å².